The van der Waals surface area contributed by atoms with E-state index in [1.165, 1.54) is 7.11 Å². The van der Waals surface area contributed by atoms with Crippen LogP contribution >= 0.6 is 0 Å². The van der Waals surface area contributed by atoms with Crippen molar-refractivity contribution in [1.29, 1.82) is 0 Å². The first kappa shape index (κ1) is 18.5. The molecule has 1 amide bonds. The largest absolute Gasteiger partial charge is 0.508 e. The molecule has 2 aromatic rings. The van der Waals surface area contributed by atoms with E-state index in [1.807, 2.05) is 41.3 Å². The van der Waals surface area contributed by atoms with E-state index >= 15 is 0 Å². The molecule has 2 aromatic carbocycles. The Morgan fingerprint density at radius 1 is 1.18 bits per heavy atom. The zero-order valence-electron chi connectivity index (χ0n) is 15.8. The lowest BCUT2D eigenvalue weighted by Crippen LogP contribution is -2.53. The van der Waals surface area contributed by atoms with Crippen molar-refractivity contribution in [3.8, 4) is 5.75 Å². The number of aromatic hydroxyl groups is 1. The summed E-state index contributed by atoms with van der Waals surface area (Å²) in [6.07, 6.45) is 0.592. The maximum Gasteiger partial charge on any atom is 0.311 e. The molecule has 0 bridgehead atoms. The lowest BCUT2D eigenvalue weighted by Gasteiger charge is -2.40. The number of rotatable bonds is 4. The first-order chi connectivity index (χ1) is 13.6. The maximum absolute atomic E-state index is 13.1. The van der Waals surface area contributed by atoms with Crippen molar-refractivity contribution in [3.05, 3.63) is 65.7 Å². The van der Waals surface area contributed by atoms with Crippen LogP contribution in [0.2, 0.25) is 0 Å². The van der Waals surface area contributed by atoms with Crippen molar-refractivity contribution in [2.45, 2.75) is 25.0 Å². The lowest BCUT2D eigenvalue weighted by molar-refractivity contribution is -0.147. The number of carbonyl (C=O) groups is 2. The molecule has 2 saturated heterocycles. The molecular weight excluding hydrogens is 356 g/mol. The monoisotopic (exact) mass is 380 g/mol. The smallest absolute Gasteiger partial charge is 0.311 e. The third-order valence-corrected chi connectivity index (χ3v) is 5.68. The van der Waals surface area contributed by atoms with E-state index in [1.54, 1.807) is 18.2 Å². The summed E-state index contributed by atoms with van der Waals surface area (Å²) < 4.78 is 5.04. The summed E-state index contributed by atoms with van der Waals surface area (Å²) in [6, 6.07) is 16.5. The molecular formula is C22H24N2O4. The molecule has 0 aromatic heterocycles. The molecule has 0 saturated carbocycles. The van der Waals surface area contributed by atoms with Crippen molar-refractivity contribution in [2.75, 3.05) is 20.2 Å². The molecule has 0 spiro atoms. The minimum atomic E-state index is -0.359. The van der Waals surface area contributed by atoms with Crippen molar-refractivity contribution in [3.63, 3.8) is 0 Å². The Balaban J connectivity index is 1.58. The summed E-state index contributed by atoms with van der Waals surface area (Å²) in [5, 5.41) is 9.68. The number of methoxy groups -OCH3 is 1. The predicted molar refractivity (Wildman–Crippen MR) is 103 cm³/mol. The van der Waals surface area contributed by atoms with Gasteiger partial charge in [-0.05, 0) is 29.7 Å². The van der Waals surface area contributed by atoms with Gasteiger partial charge in [0.15, 0.2) is 0 Å². The Labute approximate surface area is 164 Å². The summed E-state index contributed by atoms with van der Waals surface area (Å²) in [6.45, 7) is 1.57. The van der Waals surface area contributed by atoms with Gasteiger partial charge in [0.25, 0.3) is 0 Å². The van der Waals surface area contributed by atoms with E-state index in [0.717, 1.165) is 11.1 Å². The van der Waals surface area contributed by atoms with Gasteiger partial charge in [0, 0.05) is 19.1 Å². The van der Waals surface area contributed by atoms with Crippen LogP contribution in [-0.2, 0) is 20.9 Å². The number of phenols is 1. The van der Waals surface area contributed by atoms with Crippen LogP contribution in [0.3, 0.4) is 0 Å². The molecule has 28 heavy (non-hydrogen) atoms. The standard InChI is InChI=1S/C22H24N2O4/c1-28-22(27)19-11-17-13-23(12-15-6-5-9-18(25)10-15)14-20(26)24(17)21(19)16-7-3-2-4-8-16/h2-10,17,19,21,25H,11-14H2,1H3/t17-,19-,21-/m0/s1. The Hall–Kier alpha value is -2.86. The van der Waals surface area contributed by atoms with Gasteiger partial charge < -0.3 is 14.7 Å². The molecule has 6 heteroatoms. The number of phenolic OH excluding ortho intramolecular Hbond substituents is 1. The number of ether oxygens (including phenoxy) is 1. The van der Waals surface area contributed by atoms with Gasteiger partial charge in [0.1, 0.15) is 5.75 Å². The number of nitrogens with zero attached hydrogens (tertiary/aromatic N) is 2. The highest BCUT2D eigenvalue weighted by molar-refractivity contribution is 5.83. The number of hydrogen-bond acceptors (Lipinski definition) is 5. The third-order valence-electron chi connectivity index (χ3n) is 5.68. The van der Waals surface area contributed by atoms with Gasteiger partial charge in [-0.25, -0.2) is 0 Å². The van der Waals surface area contributed by atoms with Crippen LogP contribution in [0, 0.1) is 5.92 Å². The minimum absolute atomic E-state index is 0.0247. The fourth-order valence-electron chi connectivity index (χ4n) is 4.57. The number of carbonyl (C=O) groups excluding carboxylic acids is 2. The number of hydrogen-bond donors (Lipinski definition) is 1. The fourth-order valence-corrected chi connectivity index (χ4v) is 4.57. The van der Waals surface area contributed by atoms with Gasteiger partial charge in [-0.15, -0.1) is 0 Å². The first-order valence-electron chi connectivity index (χ1n) is 9.51. The molecule has 0 aliphatic carbocycles. The normalized spacial score (nSPS) is 24.8. The number of esters is 1. The van der Waals surface area contributed by atoms with Crippen LogP contribution in [0.1, 0.15) is 23.6 Å². The second-order valence-corrected chi connectivity index (χ2v) is 7.52. The Morgan fingerprint density at radius 2 is 1.96 bits per heavy atom. The van der Waals surface area contributed by atoms with Gasteiger partial charge in [-0.3, -0.25) is 14.5 Å². The Bertz CT molecular complexity index is 870. The zero-order valence-corrected chi connectivity index (χ0v) is 15.8. The van der Waals surface area contributed by atoms with Crippen molar-refractivity contribution in [2.24, 2.45) is 5.92 Å². The summed E-state index contributed by atoms with van der Waals surface area (Å²) in [5.41, 5.74) is 1.93. The Morgan fingerprint density at radius 3 is 2.68 bits per heavy atom. The molecule has 3 atom stereocenters. The summed E-state index contributed by atoms with van der Waals surface area (Å²) in [4.78, 5) is 29.5. The van der Waals surface area contributed by atoms with Crippen LogP contribution in [0.25, 0.3) is 0 Å². The molecule has 2 aliphatic heterocycles. The van der Waals surface area contributed by atoms with Gasteiger partial charge in [-0.1, -0.05) is 42.5 Å². The third kappa shape index (κ3) is 3.47. The second-order valence-electron chi connectivity index (χ2n) is 7.52. The molecule has 0 unspecified atom stereocenters. The molecule has 2 aliphatic rings. The summed E-state index contributed by atoms with van der Waals surface area (Å²) in [5.74, 6) is -0.382. The SMILES string of the molecule is COC(=O)[C@H]1C[C@H]2CN(Cc3cccc(O)c3)CC(=O)N2[C@H]1c1ccccc1. The van der Waals surface area contributed by atoms with E-state index in [2.05, 4.69) is 4.90 Å². The van der Waals surface area contributed by atoms with Crippen LogP contribution < -0.4 is 0 Å². The number of benzene rings is 2. The fraction of sp³-hybridized carbons (Fsp3) is 0.364. The van der Waals surface area contributed by atoms with E-state index in [4.69, 9.17) is 4.74 Å². The minimum Gasteiger partial charge on any atom is -0.508 e. The predicted octanol–water partition coefficient (Wildman–Crippen LogP) is 2.34. The molecule has 2 fully saturated rings. The van der Waals surface area contributed by atoms with E-state index in [9.17, 15) is 14.7 Å². The molecule has 2 heterocycles. The number of fused-ring (bicyclic) bond motifs is 1. The van der Waals surface area contributed by atoms with Crippen LogP contribution in [-0.4, -0.2) is 53.0 Å². The number of amides is 1. The van der Waals surface area contributed by atoms with Crippen molar-refractivity contribution < 1.29 is 19.4 Å². The van der Waals surface area contributed by atoms with Gasteiger partial charge >= 0.3 is 5.97 Å². The molecule has 6 nitrogen and oxygen atoms in total. The van der Waals surface area contributed by atoms with Crippen molar-refractivity contribution >= 4 is 11.9 Å². The van der Waals surface area contributed by atoms with E-state index < -0.39 is 0 Å². The summed E-state index contributed by atoms with van der Waals surface area (Å²) >= 11 is 0. The molecule has 4 rings (SSSR count). The number of piperazine rings is 1. The maximum atomic E-state index is 13.1. The highest BCUT2D eigenvalue weighted by Crippen LogP contribution is 2.43. The van der Waals surface area contributed by atoms with E-state index in [0.29, 0.717) is 26.1 Å². The highest BCUT2D eigenvalue weighted by Gasteiger charge is 2.50. The lowest BCUT2D eigenvalue weighted by atomic mass is 9.93. The van der Waals surface area contributed by atoms with E-state index in [-0.39, 0.29) is 35.6 Å². The second kappa shape index (κ2) is 7.64. The quantitative estimate of drug-likeness (QED) is 0.825. The average molecular weight is 380 g/mol. The molecule has 146 valence electrons. The van der Waals surface area contributed by atoms with Gasteiger partial charge in [0.2, 0.25) is 5.91 Å². The molecule has 0 radical (unpaired) electrons. The van der Waals surface area contributed by atoms with Crippen LogP contribution in [0.4, 0.5) is 0 Å². The average Bonchev–Trinajstić information content (AvgIpc) is 3.08. The topological polar surface area (TPSA) is 70.1 Å². The first-order valence-corrected chi connectivity index (χ1v) is 9.51. The van der Waals surface area contributed by atoms with Crippen LogP contribution in [0.15, 0.2) is 54.6 Å². The van der Waals surface area contributed by atoms with Gasteiger partial charge in [-0.2, -0.15) is 0 Å². The molecule has 1 N–H and O–H groups in total. The Kier molecular flexibility index (Phi) is 5.05. The zero-order chi connectivity index (χ0) is 19.7. The van der Waals surface area contributed by atoms with Crippen molar-refractivity contribution in [1.82, 2.24) is 9.80 Å². The van der Waals surface area contributed by atoms with Gasteiger partial charge in [0.05, 0.1) is 25.6 Å². The van der Waals surface area contributed by atoms with Crippen LogP contribution in [0.5, 0.6) is 5.75 Å². The highest BCUT2D eigenvalue weighted by atomic mass is 16.5. The summed E-state index contributed by atoms with van der Waals surface area (Å²) in [7, 11) is 1.40.